The molecule has 2 atom stereocenters. The Bertz CT molecular complexity index is 152. The van der Waals surface area contributed by atoms with Crippen LogP contribution in [0.25, 0.3) is 0 Å². The number of hydrogen-bond donors (Lipinski definition) is 2. The first-order chi connectivity index (χ1) is 6.65. The molecule has 2 unspecified atom stereocenters. The van der Waals surface area contributed by atoms with E-state index >= 15 is 0 Å². The second kappa shape index (κ2) is 5.72. The minimum absolute atomic E-state index is 0.116. The van der Waals surface area contributed by atoms with E-state index in [4.69, 9.17) is 0 Å². The maximum Gasteiger partial charge on any atom is 0.0549 e. The van der Waals surface area contributed by atoms with Crippen LogP contribution < -0.4 is 5.32 Å². The van der Waals surface area contributed by atoms with Crippen molar-refractivity contribution >= 4 is 0 Å². The van der Waals surface area contributed by atoms with Crippen molar-refractivity contribution in [2.24, 2.45) is 11.8 Å². The molecule has 1 aliphatic carbocycles. The molecule has 1 rings (SSSR count). The Labute approximate surface area is 88.1 Å². The fourth-order valence-electron chi connectivity index (χ4n) is 2.02. The second-order valence-corrected chi connectivity index (χ2v) is 4.91. The average Bonchev–Trinajstić information content (AvgIpc) is 2.94. The molecule has 0 saturated heterocycles. The fourth-order valence-corrected chi connectivity index (χ4v) is 2.02. The summed E-state index contributed by atoms with van der Waals surface area (Å²) >= 11 is 0. The van der Waals surface area contributed by atoms with Crippen molar-refractivity contribution in [2.75, 3.05) is 6.54 Å². The quantitative estimate of drug-likeness (QED) is 0.658. The number of aliphatic hydroxyl groups is 1. The van der Waals surface area contributed by atoms with Gasteiger partial charge in [0.05, 0.1) is 6.10 Å². The van der Waals surface area contributed by atoms with Gasteiger partial charge in [0, 0.05) is 6.04 Å². The van der Waals surface area contributed by atoms with Gasteiger partial charge in [-0.15, -0.1) is 0 Å². The minimum Gasteiger partial charge on any atom is -0.393 e. The van der Waals surface area contributed by atoms with Crippen molar-refractivity contribution in [1.82, 2.24) is 5.32 Å². The second-order valence-electron chi connectivity index (χ2n) is 4.91. The van der Waals surface area contributed by atoms with Crippen LogP contribution in [0.1, 0.15) is 46.5 Å². The van der Waals surface area contributed by atoms with Crippen LogP contribution in [0.5, 0.6) is 0 Å². The van der Waals surface area contributed by atoms with Crippen LogP contribution in [0.4, 0.5) is 0 Å². The van der Waals surface area contributed by atoms with Gasteiger partial charge < -0.3 is 10.4 Å². The molecule has 0 amide bonds. The van der Waals surface area contributed by atoms with Crippen molar-refractivity contribution in [3.05, 3.63) is 0 Å². The normalized spacial score (nSPS) is 21.2. The Balaban J connectivity index is 2.13. The van der Waals surface area contributed by atoms with Crippen LogP contribution in [0.15, 0.2) is 0 Å². The van der Waals surface area contributed by atoms with Crippen LogP contribution in [0.2, 0.25) is 0 Å². The summed E-state index contributed by atoms with van der Waals surface area (Å²) in [5.41, 5.74) is 0. The van der Waals surface area contributed by atoms with E-state index < -0.39 is 0 Å². The third-order valence-electron chi connectivity index (χ3n) is 3.18. The van der Waals surface area contributed by atoms with Gasteiger partial charge in [-0.1, -0.05) is 20.8 Å². The molecule has 0 spiro atoms. The van der Waals surface area contributed by atoms with Gasteiger partial charge in [0.15, 0.2) is 0 Å². The first-order valence-corrected chi connectivity index (χ1v) is 6.06. The molecule has 0 aromatic heterocycles. The predicted molar refractivity (Wildman–Crippen MR) is 60.3 cm³/mol. The summed E-state index contributed by atoms with van der Waals surface area (Å²) in [6.45, 7) is 7.57. The zero-order valence-electron chi connectivity index (χ0n) is 9.79. The first kappa shape index (κ1) is 12.0. The van der Waals surface area contributed by atoms with Gasteiger partial charge in [0.25, 0.3) is 0 Å². The molecule has 0 heterocycles. The van der Waals surface area contributed by atoms with Crippen LogP contribution in [-0.4, -0.2) is 23.8 Å². The van der Waals surface area contributed by atoms with Gasteiger partial charge in [0.2, 0.25) is 0 Å². The molecule has 14 heavy (non-hydrogen) atoms. The lowest BCUT2D eigenvalue weighted by molar-refractivity contribution is 0.156. The lowest BCUT2D eigenvalue weighted by Crippen LogP contribution is -2.37. The monoisotopic (exact) mass is 199 g/mol. The third-order valence-corrected chi connectivity index (χ3v) is 3.18. The Kier molecular flexibility index (Phi) is 4.90. The molecule has 0 aromatic carbocycles. The molecule has 0 radical (unpaired) electrons. The zero-order chi connectivity index (χ0) is 10.6. The largest absolute Gasteiger partial charge is 0.393 e. The smallest absolute Gasteiger partial charge is 0.0549 e. The van der Waals surface area contributed by atoms with E-state index in [2.05, 4.69) is 19.2 Å². The average molecular weight is 199 g/mol. The van der Waals surface area contributed by atoms with Crippen molar-refractivity contribution < 1.29 is 5.11 Å². The highest BCUT2D eigenvalue weighted by Gasteiger charge is 2.32. The van der Waals surface area contributed by atoms with Gasteiger partial charge in [-0.25, -0.2) is 0 Å². The maximum atomic E-state index is 9.42. The molecule has 0 aromatic rings. The van der Waals surface area contributed by atoms with Gasteiger partial charge in [0.1, 0.15) is 0 Å². The number of aliphatic hydroxyl groups excluding tert-OH is 1. The summed E-state index contributed by atoms with van der Waals surface area (Å²) < 4.78 is 0. The number of nitrogens with one attached hydrogen (secondary N) is 1. The van der Waals surface area contributed by atoms with E-state index in [1.54, 1.807) is 0 Å². The first-order valence-electron chi connectivity index (χ1n) is 6.06. The predicted octanol–water partition coefficient (Wildman–Crippen LogP) is 2.17. The summed E-state index contributed by atoms with van der Waals surface area (Å²) in [4.78, 5) is 0. The lowest BCUT2D eigenvalue weighted by Gasteiger charge is -2.22. The van der Waals surface area contributed by atoms with Crippen molar-refractivity contribution in [2.45, 2.75) is 58.6 Å². The Morgan fingerprint density at radius 2 is 2.00 bits per heavy atom. The molecule has 0 bridgehead atoms. The lowest BCUT2D eigenvalue weighted by atomic mass is 9.99. The summed E-state index contributed by atoms with van der Waals surface area (Å²) in [5.74, 6) is 1.63. The Morgan fingerprint density at radius 3 is 2.43 bits per heavy atom. The van der Waals surface area contributed by atoms with Gasteiger partial charge in [-0.3, -0.25) is 0 Å². The highest BCUT2D eigenvalue weighted by atomic mass is 16.3. The van der Waals surface area contributed by atoms with Crippen LogP contribution in [0.3, 0.4) is 0 Å². The van der Waals surface area contributed by atoms with Crippen LogP contribution >= 0.6 is 0 Å². The van der Waals surface area contributed by atoms with Crippen LogP contribution in [-0.2, 0) is 0 Å². The zero-order valence-corrected chi connectivity index (χ0v) is 9.79. The summed E-state index contributed by atoms with van der Waals surface area (Å²) in [7, 11) is 0. The van der Waals surface area contributed by atoms with Crippen LogP contribution in [0, 0.1) is 11.8 Å². The Hall–Kier alpha value is -0.0800. The molecule has 84 valence electrons. The molecule has 2 nitrogen and oxygen atoms in total. The van der Waals surface area contributed by atoms with Gasteiger partial charge >= 0.3 is 0 Å². The SMILES string of the molecule is CCC(O)CCNC(C(C)C)C1CC1. The van der Waals surface area contributed by atoms with Crippen molar-refractivity contribution in [1.29, 1.82) is 0 Å². The molecule has 1 fully saturated rings. The van der Waals surface area contributed by atoms with E-state index in [9.17, 15) is 5.11 Å². The highest BCUT2D eigenvalue weighted by molar-refractivity contribution is 4.88. The van der Waals surface area contributed by atoms with Crippen molar-refractivity contribution in [3.8, 4) is 0 Å². The summed E-state index contributed by atoms with van der Waals surface area (Å²) in [6.07, 6.45) is 4.44. The summed E-state index contributed by atoms with van der Waals surface area (Å²) in [6, 6.07) is 0.680. The van der Waals surface area contributed by atoms with Crippen molar-refractivity contribution in [3.63, 3.8) is 0 Å². The highest BCUT2D eigenvalue weighted by Crippen LogP contribution is 2.35. The van der Waals surface area contributed by atoms with E-state index in [-0.39, 0.29) is 6.10 Å². The fraction of sp³-hybridized carbons (Fsp3) is 1.00. The topological polar surface area (TPSA) is 32.3 Å². The van der Waals surface area contributed by atoms with E-state index in [0.29, 0.717) is 6.04 Å². The molecule has 2 heteroatoms. The number of hydrogen-bond acceptors (Lipinski definition) is 2. The molecule has 1 saturated carbocycles. The standard InChI is InChI=1S/C12H25NO/c1-4-11(14)7-8-13-12(9(2)3)10-5-6-10/h9-14H,4-8H2,1-3H3. The van der Waals surface area contributed by atoms with Gasteiger partial charge in [-0.2, -0.15) is 0 Å². The van der Waals surface area contributed by atoms with E-state index in [1.165, 1.54) is 12.8 Å². The molecule has 2 N–H and O–H groups in total. The summed E-state index contributed by atoms with van der Waals surface area (Å²) in [5, 5.41) is 13.0. The Morgan fingerprint density at radius 1 is 1.36 bits per heavy atom. The molecule has 1 aliphatic rings. The van der Waals surface area contributed by atoms with E-state index in [1.807, 2.05) is 6.92 Å². The minimum atomic E-state index is -0.116. The third kappa shape index (κ3) is 3.97. The molecular weight excluding hydrogens is 174 g/mol. The van der Waals surface area contributed by atoms with E-state index in [0.717, 1.165) is 31.2 Å². The maximum absolute atomic E-state index is 9.42. The molecular formula is C12H25NO. The van der Waals surface area contributed by atoms with Gasteiger partial charge in [-0.05, 0) is 44.1 Å². The number of rotatable bonds is 7. The molecule has 0 aliphatic heterocycles.